The molecule has 3 rings (SSSR count). The fourth-order valence-electron chi connectivity index (χ4n) is 3.12. The Hall–Kier alpha value is -1.84. The molecule has 0 radical (unpaired) electrons. The van der Waals surface area contributed by atoms with E-state index in [9.17, 15) is 30.8 Å². The number of halogens is 5. The third kappa shape index (κ3) is 6.68. The Labute approximate surface area is 215 Å². The van der Waals surface area contributed by atoms with Gasteiger partial charge in [0.15, 0.2) is 11.6 Å². The molecule has 0 saturated carbocycles. The van der Waals surface area contributed by atoms with Crippen LogP contribution in [0.5, 0.6) is 5.75 Å². The first-order valence-electron chi connectivity index (χ1n) is 10.1. The largest absolute Gasteiger partial charge is 0.573 e. The van der Waals surface area contributed by atoms with Crippen LogP contribution in [0.4, 0.5) is 23.4 Å². The van der Waals surface area contributed by atoms with E-state index in [-0.39, 0.29) is 16.0 Å². The van der Waals surface area contributed by atoms with E-state index >= 15 is 0 Å². The molecule has 192 valence electrons. The number of hydrogen-bond acceptors (Lipinski definition) is 7. The van der Waals surface area contributed by atoms with E-state index in [1.165, 1.54) is 33.7 Å². The van der Waals surface area contributed by atoms with Gasteiger partial charge in [-0.3, -0.25) is 13.7 Å². The Morgan fingerprint density at radius 2 is 1.94 bits per heavy atom. The summed E-state index contributed by atoms with van der Waals surface area (Å²) in [6.07, 6.45) is -3.32. The van der Waals surface area contributed by atoms with Gasteiger partial charge in [-0.15, -0.1) is 36.3 Å². The fourth-order valence-corrected chi connectivity index (χ4v) is 7.10. The molecule has 1 aromatic carbocycles. The van der Waals surface area contributed by atoms with Gasteiger partial charge in [-0.05, 0) is 50.6 Å². The van der Waals surface area contributed by atoms with E-state index in [0.717, 1.165) is 17.0 Å². The first kappa shape index (κ1) is 27.7. The highest BCUT2D eigenvalue weighted by Gasteiger charge is 2.35. The van der Waals surface area contributed by atoms with Crippen LogP contribution in [0.3, 0.4) is 0 Å². The summed E-state index contributed by atoms with van der Waals surface area (Å²) >= 11 is 5.70. The molecule has 0 amide bonds. The van der Waals surface area contributed by atoms with Gasteiger partial charge in [-0.1, -0.05) is 22.4 Å². The van der Waals surface area contributed by atoms with Crippen molar-refractivity contribution < 1.29 is 30.7 Å². The Kier molecular flexibility index (Phi) is 8.76. The number of thioether (sulfide) groups is 1. The number of aromatic nitrogens is 2. The molecule has 2 aliphatic rings. The van der Waals surface area contributed by atoms with Crippen molar-refractivity contribution in [2.75, 3.05) is 17.1 Å². The van der Waals surface area contributed by atoms with E-state index in [4.69, 9.17) is 0 Å². The summed E-state index contributed by atoms with van der Waals surface area (Å²) in [7, 11) is -4.64. The topological polar surface area (TPSA) is 90.3 Å². The van der Waals surface area contributed by atoms with Gasteiger partial charge in [-0.25, -0.2) is 13.2 Å². The molecule has 0 aromatic heterocycles. The second-order valence-corrected chi connectivity index (χ2v) is 12.5. The maximum absolute atomic E-state index is 13.1. The van der Waals surface area contributed by atoms with Crippen LogP contribution in [0.15, 0.2) is 36.6 Å². The zero-order valence-corrected chi connectivity index (χ0v) is 22.4. The minimum atomic E-state index is -5.13. The molecule has 2 aliphatic heterocycles. The van der Waals surface area contributed by atoms with Crippen LogP contribution < -0.4 is 15.1 Å². The van der Waals surface area contributed by atoms with Gasteiger partial charge in [0.05, 0.1) is 10.9 Å². The summed E-state index contributed by atoms with van der Waals surface area (Å²) in [6.45, 7) is 3.07. The number of sulfonamides is 1. The number of benzene rings is 1. The average Bonchev–Trinajstić information content (AvgIpc) is 3.05. The third-order valence-corrected chi connectivity index (χ3v) is 9.20. The molecule has 2 heterocycles. The molecule has 0 bridgehead atoms. The van der Waals surface area contributed by atoms with Crippen molar-refractivity contribution >= 4 is 54.9 Å². The number of hydrogen-bond donors (Lipinski definition) is 1. The van der Waals surface area contributed by atoms with Gasteiger partial charge < -0.3 is 4.74 Å². The molecule has 0 fully saturated rings. The van der Waals surface area contributed by atoms with Gasteiger partial charge in [0.2, 0.25) is 0 Å². The minimum absolute atomic E-state index is 0.171. The predicted molar refractivity (Wildman–Crippen MR) is 131 cm³/mol. The quantitative estimate of drug-likeness (QED) is 0.169. The molecule has 0 atom stereocenters. The number of ether oxygens (including phenoxy) is 1. The molecule has 35 heavy (non-hydrogen) atoms. The number of nitrogens with zero attached hydrogens (tertiary/aromatic N) is 2. The molecule has 1 N–H and O–H groups in total. The monoisotopic (exact) mass is 617 g/mol. The summed E-state index contributed by atoms with van der Waals surface area (Å²) in [5.41, 5.74) is 0.0324. The van der Waals surface area contributed by atoms with E-state index in [2.05, 4.69) is 30.4 Å². The highest BCUT2D eigenvalue weighted by molar-refractivity contribution is 9.10. The van der Waals surface area contributed by atoms with E-state index in [1.807, 2.05) is 0 Å². The van der Waals surface area contributed by atoms with E-state index in [1.54, 1.807) is 13.8 Å². The van der Waals surface area contributed by atoms with Gasteiger partial charge in [0.25, 0.3) is 10.0 Å². The van der Waals surface area contributed by atoms with Crippen molar-refractivity contribution in [3.63, 3.8) is 0 Å². The van der Waals surface area contributed by atoms with Crippen LogP contribution in [0.2, 0.25) is 0 Å². The van der Waals surface area contributed by atoms with Crippen LogP contribution >= 0.6 is 39.0 Å². The normalized spacial score (nSPS) is 12.3. The number of fused-ring (bicyclic) bond motifs is 1. The van der Waals surface area contributed by atoms with Gasteiger partial charge in [0, 0.05) is 15.0 Å². The van der Waals surface area contributed by atoms with Gasteiger partial charge in [-0.2, -0.15) is 4.98 Å². The summed E-state index contributed by atoms with van der Waals surface area (Å²) in [4.78, 5) is 16.5. The second-order valence-electron chi connectivity index (χ2n) is 7.30. The lowest BCUT2D eigenvalue weighted by Crippen LogP contribution is -2.21. The Morgan fingerprint density at radius 3 is 2.60 bits per heavy atom. The van der Waals surface area contributed by atoms with Gasteiger partial charge in [0.1, 0.15) is 10.6 Å². The Balaban J connectivity index is 2.04. The average molecular weight is 618 g/mol. The molecule has 1 aromatic rings. The maximum atomic E-state index is 13.1. The zero-order chi connectivity index (χ0) is 26.0. The van der Waals surface area contributed by atoms with Crippen molar-refractivity contribution in [1.82, 2.24) is 9.55 Å². The highest BCUT2D eigenvalue weighted by Crippen LogP contribution is 2.40. The third-order valence-electron chi connectivity index (χ3n) is 4.79. The first-order valence-corrected chi connectivity index (χ1v) is 14.2. The molecule has 15 heteroatoms. The fraction of sp³-hybridized carbons (Fsp3) is 0.400. The molecular weight excluding hydrogens is 598 g/mol. The van der Waals surface area contributed by atoms with Crippen molar-refractivity contribution in [3.8, 4) is 11.4 Å². The summed E-state index contributed by atoms with van der Waals surface area (Å²) < 4.78 is 85.3. The van der Waals surface area contributed by atoms with Gasteiger partial charge >= 0.3 is 12.1 Å². The second kappa shape index (κ2) is 11.0. The molecular formula is C20H20BrF4N3O4S3. The number of rotatable bonds is 10. The number of unbranched alkanes of at least 4 members (excludes halogenated alkanes) is 2. The minimum Gasteiger partial charge on any atom is -0.404 e. The first-order chi connectivity index (χ1) is 16.3. The standard InChI is InChI=1S/C20H20BrF4N3O4S3/c1-11-12(2)34-18(33-9-5-3-4-8-22)16-17(26-19(29)28(11)16)27-35(30,31)15-7-6-13(21)10-14(15)32-20(23,24)25/h6-7,10H,3-5,8-9H2,1-2H3,(H,26,27,29). The molecule has 7 nitrogen and oxygen atoms in total. The highest BCUT2D eigenvalue weighted by atomic mass is 79.9. The van der Waals surface area contributed by atoms with Crippen molar-refractivity contribution in [2.24, 2.45) is 0 Å². The lowest BCUT2D eigenvalue weighted by Gasteiger charge is -2.17. The zero-order valence-electron chi connectivity index (χ0n) is 18.4. The van der Waals surface area contributed by atoms with Crippen molar-refractivity contribution in [1.29, 1.82) is 0 Å². The van der Waals surface area contributed by atoms with Crippen LogP contribution in [0, 0.1) is 13.8 Å². The van der Waals surface area contributed by atoms with Crippen molar-refractivity contribution in [2.45, 2.75) is 48.6 Å². The SMILES string of the molecule is Cc1sc(SCCCCCF)c2c(NS(=O)(=O)c3ccc(Br)cc3OC(F)(F)F)nc(=O)n-2c1C. The molecule has 0 aliphatic carbocycles. The molecule has 0 spiro atoms. The number of alkyl halides is 4. The Bertz CT molecular complexity index is 1340. The molecule has 0 saturated heterocycles. The summed E-state index contributed by atoms with van der Waals surface area (Å²) in [6, 6.07) is 3.07. The van der Waals surface area contributed by atoms with Crippen LogP contribution in [0.1, 0.15) is 29.8 Å². The number of aryl methyl sites for hydroxylation is 1. The smallest absolute Gasteiger partial charge is 0.404 e. The van der Waals surface area contributed by atoms with Crippen molar-refractivity contribution in [3.05, 3.63) is 43.7 Å². The molecule has 0 unspecified atom stereocenters. The Morgan fingerprint density at radius 1 is 1.23 bits per heavy atom. The van der Waals surface area contributed by atoms with Crippen LogP contribution in [0.25, 0.3) is 5.69 Å². The number of nitrogens with one attached hydrogen (secondary N) is 1. The number of imidazole rings is 1. The summed E-state index contributed by atoms with van der Waals surface area (Å²) in [5.74, 6) is -0.653. The summed E-state index contributed by atoms with van der Waals surface area (Å²) in [5, 5.41) is 0. The number of anilines is 1. The van der Waals surface area contributed by atoms with E-state index < -0.39 is 39.4 Å². The van der Waals surface area contributed by atoms with E-state index in [0.29, 0.717) is 34.9 Å². The lowest BCUT2D eigenvalue weighted by molar-refractivity contribution is -0.275. The van der Waals surface area contributed by atoms with Crippen LogP contribution in [-0.2, 0) is 10.0 Å². The predicted octanol–water partition coefficient (Wildman–Crippen LogP) is 6.04. The maximum Gasteiger partial charge on any atom is 0.573 e. The van der Waals surface area contributed by atoms with Crippen LogP contribution in [-0.4, -0.2) is 36.8 Å². The lowest BCUT2D eigenvalue weighted by atomic mass is 10.3.